The van der Waals surface area contributed by atoms with Crippen molar-refractivity contribution in [1.82, 2.24) is 10.9 Å². The predicted octanol–water partition coefficient (Wildman–Crippen LogP) is 3.28. The van der Waals surface area contributed by atoms with Gasteiger partial charge in [-0.3, -0.25) is 15.0 Å². The number of hydrogen-bond acceptors (Lipinski definition) is 7. The fourth-order valence-corrected chi connectivity index (χ4v) is 3.91. The van der Waals surface area contributed by atoms with Gasteiger partial charge in [-0.1, -0.05) is 38.1 Å². The topological polar surface area (TPSA) is 115 Å². The fourth-order valence-electron chi connectivity index (χ4n) is 3.16. The van der Waals surface area contributed by atoms with Crippen LogP contribution in [0, 0.1) is 6.92 Å². The van der Waals surface area contributed by atoms with Crippen molar-refractivity contribution < 1.29 is 19.1 Å². The molecule has 34 heavy (non-hydrogen) atoms. The molecule has 3 aromatic rings. The van der Waals surface area contributed by atoms with E-state index in [1.807, 2.05) is 73.0 Å². The minimum atomic E-state index is -0.398. The Hall–Kier alpha value is -3.69. The Labute approximate surface area is 202 Å². The summed E-state index contributed by atoms with van der Waals surface area (Å²) in [6.45, 7) is 5.97. The van der Waals surface area contributed by atoms with Crippen LogP contribution in [0.15, 0.2) is 65.8 Å². The molecule has 0 unspecified atom stereocenters. The second-order valence-corrected chi connectivity index (χ2v) is 9.38. The number of nitrogens with zero attached hydrogens (tertiary/aromatic N) is 1. The molecule has 2 aromatic carbocycles. The predicted molar refractivity (Wildman–Crippen MR) is 133 cm³/mol. The molecule has 0 bridgehead atoms. The number of rotatable bonds is 10. The Morgan fingerprint density at radius 3 is 1.91 bits per heavy atom. The fraction of sp³-hybridized carbons (Fsp3) is 0.240. The maximum Gasteiger partial charge on any atom is 0.277 e. The van der Waals surface area contributed by atoms with E-state index in [1.165, 1.54) is 4.88 Å². The molecule has 9 heteroatoms. The second-order valence-electron chi connectivity index (χ2n) is 8.06. The zero-order valence-corrected chi connectivity index (χ0v) is 20.1. The van der Waals surface area contributed by atoms with E-state index in [-0.39, 0.29) is 24.5 Å². The van der Waals surface area contributed by atoms with Gasteiger partial charge < -0.3 is 9.47 Å². The molecule has 0 aliphatic heterocycles. The van der Waals surface area contributed by atoms with Crippen molar-refractivity contribution in [3.8, 4) is 11.5 Å². The van der Waals surface area contributed by atoms with Crippen molar-refractivity contribution in [2.75, 3.05) is 13.2 Å². The standard InChI is InChI=1S/C25H28N4O4S/c1-17-4-13-22(34-17)14-27-29-24(31)16-33-21-11-7-19(8-12-21)25(2,3)18-5-9-20(10-6-18)32-15-23(30)28-26/h4-14H,15-16,26H2,1-3H3,(H,28,30)(H,29,31). The summed E-state index contributed by atoms with van der Waals surface area (Å²) in [5.74, 6) is 5.50. The number of hydrogen-bond donors (Lipinski definition) is 3. The lowest BCUT2D eigenvalue weighted by atomic mass is 9.78. The monoisotopic (exact) mass is 480 g/mol. The van der Waals surface area contributed by atoms with Crippen LogP contribution in [0.1, 0.15) is 34.7 Å². The van der Waals surface area contributed by atoms with Crippen LogP contribution < -0.4 is 26.2 Å². The molecule has 0 atom stereocenters. The van der Waals surface area contributed by atoms with E-state index in [0.717, 1.165) is 16.0 Å². The summed E-state index contributed by atoms with van der Waals surface area (Å²) in [5.41, 5.74) is 6.37. The van der Waals surface area contributed by atoms with Gasteiger partial charge in [0.1, 0.15) is 11.5 Å². The maximum absolute atomic E-state index is 12.0. The molecule has 0 aliphatic rings. The first-order valence-corrected chi connectivity index (χ1v) is 11.4. The Bertz CT molecular complexity index is 1140. The van der Waals surface area contributed by atoms with Crippen molar-refractivity contribution in [3.63, 3.8) is 0 Å². The number of benzene rings is 2. The number of carbonyl (C=O) groups excluding carboxylic acids is 2. The van der Waals surface area contributed by atoms with E-state index in [9.17, 15) is 9.59 Å². The first-order chi connectivity index (χ1) is 16.3. The highest BCUT2D eigenvalue weighted by Gasteiger charge is 2.23. The molecule has 0 spiro atoms. The molecule has 0 saturated heterocycles. The Morgan fingerprint density at radius 2 is 1.44 bits per heavy atom. The molecular formula is C25H28N4O4S. The lowest BCUT2D eigenvalue weighted by Gasteiger charge is -2.26. The minimum absolute atomic E-state index is 0.132. The molecule has 1 aromatic heterocycles. The highest BCUT2D eigenvalue weighted by Crippen LogP contribution is 2.33. The summed E-state index contributed by atoms with van der Waals surface area (Å²) in [5, 5.41) is 3.95. The molecule has 0 saturated carbocycles. The van der Waals surface area contributed by atoms with Gasteiger partial charge in [0.05, 0.1) is 6.21 Å². The Morgan fingerprint density at radius 1 is 0.912 bits per heavy atom. The lowest BCUT2D eigenvalue weighted by molar-refractivity contribution is -0.123. The van der Waals surface area contributed by atoms with Gasteiger partial charge in [0.25, 0.3) is 11.8 Å². The quantitative estimate of drug-likeness (QED) is 0.178. The summed E-state index contributed by atoms with van der Waals surface area (Å²) in [7, 11) is 0. The third-order valence-electron chi connectivity index (χ3n) is 5.20. The average molecular weight is 481 g/mol. The van der Waals surface area contributed by atoms with Crippen LogP contribution in [0.3, 0.4) is 0 Å². The molecule has 178 valence electrons. The minimum Gasteiger partial charge on any atom is -0.484 e. The summed E-state index contributed by atoms with van der Waals surface area (Å²) in [4.78, 5) is 25.3. The molecule has 2 amide bonds. The Balaban J connectivity index is 1.52. The zero-order valence-electron chi connectivity index (χ0n) is 19.3. The van der Waals surface area contributed by atoms with Gasteiger partial charge in [-0.15, -0.1) is 11.3 Å². The van der Waals surface area contributed by atoms with Gasteiger partial charge in [-0.25, -0.2) is 11.3 Å². The number of carbonyl (C=O) groups is 2. The van der Waals surface area contributed by atoms with Crippen molar-refractivity contribution in [2.24, 2.45) is 10.9 Å². The van der Waals surface area contributed by atoms with Crippen LogP contribution >= 0.6 is 11.3 Å². The van der Waals surface area contributed by atoms with Crippen molar-refractivity contribution in [3.05, 3.63) is 81.5 Å². The van der Waals surface area contributed by atoms with E-state index in [4.69, 9.17) is 15.3 Å². The maximum atomic E-state index is 12.0. The van der Waals surface area contributed by atoms with Crippen LogP contribution in [0.5, 0.6) is 11.5 Å². The second kappa shape index (κ2) is 11.4. The number of ether oxygens (including phenoxy) is 2. The molecule has 1 heterocycles. The Kier molecular flexibility index (Phi) is 8.39. The SMILES string of the molecule is Cc1ccc(C=NNC(=O)COc2ccc(C(C)(C)c3ccc(OCC(=O)NN)cc3)cc2)s1. The van der Waals surface area contributed by atoms with Gasteiger partial charge in [-0.05, 0) is 54.4 Å². The summed E-state index contributed by atoms with van der Waals surface area (Å²) in [6, 6.07) is 19.1. The van der Waals surface area contributed by atoms with Crippen LogP contribution in [-0.4, -0.2) is 31.2 Å². The van der Waals surface area contributed by atoms with Gasteiger partial charge in [0, 0.05) is 15.2 Å². The molecule has 3 rings (SSSR count). The lowest BCUT2D eigenvalue weighted by Crippen LogP contribution is -2.34. The average Bonchev–Trinajstić information content (AvgIpc) is 3.26. The number of hydrazine groups is 1. The summed E-state index contributed by atoms with van der Waals surface area (Å²) in [6.07, 6.45) is 1.61. The van der Waals surface area contributed by atoms with Crippen LogP contribution in [-0.2, 0) is 15.0 Å². The third-order valence-corrected chi connectivity index (χ3v) is 6.13. The first-order valence-electron chi connectivity index (χ1n) is 10.6. The first kappa shape index (κ1) is 24.9. The summed E-state index contributed by atoms with van der Waals surface area (Å²) >= 11 is 1.60. The number of amides is 2. The van der Waals surface area contributed by atoms with Crippen LogP contribution in [0.4, 0.5) is 0 Å². The third kappa shape index (κ3) is 6.90. The molecule has 0 fully saturated rings. The van der Waals surface area contributed by atoms with E-state index in [0.29, 0.717) is 11.5 Å². The van der Waals surface area contributed by atoms with Crippen LogP contribution in [0.25, 0.3) is 0 Å². The molecule has 0 aliphatic carbocycles. The molecule has 4 N–H and O–H groups in total. The number of aryl methyl sites for hydroxylation is 1. The van der Waals surface area contributed by atoms with Gasteiger partial charge in [0.2, 0.25) is 0 Å². The smallest absolute Gasteiger partial charge is 0.277 e. The largest absolute Gasteiger partial charge is 0.484 e. The van der Waals surface area contributed by atoms with E-state index in [1.54, 1.807) is 17.6 Å². The van der Waals surface area contributed by atoms with Crippen LogP contribution in [0.2, 0.25) is 0 Å². The normalized spacial score (nSPS) is 11.3. The van der Waals surface area contributed by atoms with E-state index >= 15 is 0 Å². The van der Waals surface area contributed by atoms with Gasteiger partial charge in [0.15, 0.2) is 13.2 Å². The van der Waals surface area contributed by atoms with Gasteiger partial charge >= 0.3 is 0 Å². The molecular weight excluding hydrogens is 452 g/mol. The number of thiophene rings is 1. The highest BCUT2D eigenvalue weighted by atomic mass is 32.1. The number of nitrogens with one attached hydrogen (secondary N) is 2. The van der Waals surface area contributed by atoms with Crippen molar-refractivity contribution in [1.29, 1.82) is 0 Å². The van der Waals surface area contributed by atoms with E-state index < -0.39 is 5.91 Å². The van der Waals surface area contributed by atoms with Crippen molar-refractivity contribution >= 4 is 29.4 Å². The highest BCUT2D eigenvalue weighted by molar-refractivity contribution is 7.13. The zero-order chi connectivity index (χ0) is 24.6. The van der Waals surface area contributed by atoms with E-state index in [2.05, 4.69) is 24.4 Å². The van der Waals surface area contributed by atoms with Crippen molar-refractivity contribution in [2.45, 2.75) is 26.2 Å². The number of hydrazone groups is 1. The molecule has 8 nitrogen and oxygen atoms in total. The number of nitrogens with two attached hydrogens (primary N) is 1. The molecule has 0 radical (unpaired) electrons. The summed E-state index contributed by atoms with van der Waals surface area (Å²) < 4.78 is 11.0. The van der Waals surface area contributed by atoms with Gasteiger partial charge in [-0.2, -0.15) is 5.10 Å².